The fraction of sp³-hybridized carbons (Fsp3) is 0.538. The van der Waals surface area contributed by atoms with Gasteiger partial charge < -0.3 is 4.74 Å². The lowest BCUT2D eigenvalue weighted by Crippen LogP contribution is -2.40. The van der Waals surface area contributed by atoms with Crippen LogP contribution in [0.3, 0.4) is 0 Å². The summed E-state index contributed by atoms with van der Waals surface area (Å²) in [5.74, 6) is 0.875. The molecule has 2 rings (SSSR count). The summed E-state index contributed by atoms with van der Waals surface area (Å²) in [6, 6.07) is 7.31. The van der Waals surface area contributed by atoms with Crippen molar-refractivity contribution in [2.45, 2.75) is 12.8 Å². The average molecular weight is 304 g/mol. The van der Waals surface area contributed by atoms with E-state index in [0.717, 1.165) is 12.8 Å². The summed E-state index contributed by atoms with van der Waals surface area (Å²) in [7, 11) is -3.10. The third kappa shape index (κ3) is 4.09. The van der Waals surface area contributed by atoms with Gasteiger partial charge in [-0.25, -0.2) is 12.7 Å². The largest absolute Gasteiger partial charge is 0.492 e. The number of piperidine rings is 1. The smallest absolute Gasteiger partial charge is 0.211 e. The second-order valence-electron chi connectivity index (χ2n) is 4.87. The van der Waals surface area contributed by atoms with E-state index in [1.807, 2.05) is 18.2 Å². The van der Waals surface area contributed by atoms with Crippen molar-refractivity contribution in [2.75, 3.05) is 26.0 Å². The molecule has 4 nitrogen and oxygen atoms in total. The predicted molar refractivity (Wildman–Crippen MR) is 76.1 cm³/mol. The van der Waals surface area contributed by atoms with Crippen LogP contribution in [-0.4, -0.2) is 38.7 Å². The molecular formula is C13H18ClNO3S. The van der Waals surface area contributed by atoms with E-state index in [9.17, 15) is 8.42 Å². The molecule has 0 radical (unpaired) electrons. The molecule has 0 saturated carbocycles. The highest BCUT2D eigenvalue weighted by Gasteiger charge is 2.26. The molecule has 0 amide bonds. The number of hydrogen-bond acceptors (Lipinski definition) is 3. The van der Waals surface area contributed by atoms with E-state index in [-0.39, 0.29) is 5.92 Å². The molecule has 0 bridgehead atoms. The molecule has 0 aromatic heterocycles. The highest BCUT2D eigenvalue weighted by atomic mass is 35.5. The number of benzene rings is 1. The van der Waals surface area contributed by atoms with Crippen molar-refractivity contribution in [3.63, 3.8) is 0 Å². The van der Waals surface area contributed by atoms with Crippen molar-refractivity contribution in [2.24, 2.45) is 5.92 Å². The maximum Gasteiger partial charge on any atom is 0.211 e. The molecule has 1 aliphatic heterocycles. The normalized spacial score (nSPS) is 21.3. The minimum absolute atomic E-state index is 0.222. The number of para-hydroxylation sites is 1. The van der Waals surface area contributed by atoms with Gasteiger partial charge in [-0.15, -0.1) is 0 Å². The summed E-state index contributed by atoms with van der Waals surface area (Å²) in [5, 5.41) is 0.582. The highest BCUT2D eigenvalue weighted by Crippen LogP contribution is 2.25. The van der Waals surface area contributed by atoms with E-state index in [1.165, 1.54) is 10.6 Å². The van der Waals surface area contributed by atoms with E-state index in [0.29, 0.717) is 30.5 Å². The molecule has 1 aromatic carbocycles. The van der Waals surface area contributed by atoms with Gasteiger partial charge in [0.2, 0.25) is 10.0 Å². The molecule has 106 valence electrons. The zero-order chi connectivity index (χ0) is 13.9. The van der Waals surface area contributed by atoms with Crippen molar-refractivity contribution in [3.8, 4) is 5.75 Å². The summed E-state index contributed by atoms with van der Waals surface area (Å²) in [6.07, 6.45) is 3.12. The standard InChI is InChI=1S/C13H18ClNO3S/c1-19(16,17)15-8-4-5-11(9-15)10-18-13-7-3-2-6-12(13)14/h2-3,6-7,11H,4-5,8-10H2,1H3. The summed E-state index contributed by atoms with van der Waals surface area (Å²) in [4.78, 5) is 0. The van der Waals surface area contributed by atoms with E-state index < -0.39 is 10.0 Å². The van der Waals surface area contributed by atoms with Gasteiger partial charge in [0.15, 0.2) is 0 Å². The number of sulfonamides is 1. The van der Waals surface area contributed by atoms with Crippen LogP contribution in [0.5, 0.6) is 5.75 Å². The Morgan fingerprint density at radius 2 is 2.16 bits per heavy atom. The van der Waals surface area contributed by atoms with E-state index in [4.69, 9.17) is 16.3 Å². The van der Waals surface area contributed by atoms with Crippen LogP contribution in [0, 0.1) is 5.92 Å². The topological polar surface area (TPSA) is 46.6 Å². The Morgan fingerprint density at radius 1 is 1.42 bits per heavy atom. The first-order valence-electron chi connectivity index (χ1n) is 6.29. The molecule has 1 fully saturated rings. The molecule has 1 aromatic rings. The first-order chi connectivity index (χ1) is 8.97. The first kappa shape index (κ1) is 14.6. The first-order valence-corrected chi connectivity index (χ1v) is 8.52. The van der Waals surface area contributed by atoms with Gasteiger partial charge >= 0.3 is 0 Å². The quantitative estimate of drug-likeness (QED) is 0.858. The van der Waals surface area contributed by atoms with Gasteiger partial charge in [0.25, 0.3) is 0 Å². The van der Waals surface area contributed by atoms with E-state index >= 15 is 0 Å². The van der Waals surface area contributed by atoms with Crippen LogP contribution >= 0.6 is 11.6 Å². The van der Waals surface area contributed by atoms with Crippen molar-refractivity contribution in [1.29, 1.82) is 0 Å². The third-order valence-electron chi connectivity index (χ3n) is 3.26. The Bertz CT molecular complexity index is 532. The number of ether oxygens (including phenoxy) is 1. The van der Waals surface area contributed by atoms with Gasteiger partial charge in [-0.1, -0.05) is 23.7 Å². The number of nitrogens with zero attached hydrogens (tertiary/aromatic N) is 1. The Morgan fingerprint density at radius 3 is 2.84 bits per heavy atom. The Labute approximate surface area is 119 Å². The van der Waals surface area contributed by atoms with Crippen LogP contribution < -0.4 is 4.74 Å². The molecule has 0 spiro atoms. The van der Waals surface area contributed by atoms with Crippen LogP contribution in [-0.2, 0) is 10.0 Å². The van der Waals surface area contributed by atoms with Crippen molar-refractivity contribution < 1.29 is 13.2 Å². The van der Waals surface area contributed by atoms with Gasteiger partial charge in [-0.05, 0) is 25.0 Å². The molecule has 19 heavy (non-hydrogen) atoms. The molecule has 0 N–H and O–H groups in total. The van der Waals surface area contributed by atoms with Crippen LogP contribution in [0.25, 0.3) is 0 Å². The van der Waals surface area contributed by atoms with Gasteiger partial charge in [0.05, 0.1) is 17.9 Å². The van der Waals surface area contributed by atoms with Gasteiger partial charge in [-0.3, -0.25) is 0 Å². The molecule has 1 aliphatic rings. The molecular weight excluding hydrogens is 286 g/mol. The zero-order valence-electron chi connectivity index (χ0n) is 10.9. The highest BCUT2D eigenvalue weighted by molar-refractivity contribution is 7.88. The lowest BCUT2D eigenvalue weighted by molar-refractivity contribution is 0.181. The van der Waals surface area contributed by atoms with Crippen LogP contribution in [0.15, 0.2) is 24.3 Å². The number of hydrogen-bond donors (Lipinski definition) is 0. The predicted octanol–water partition coefficient (Wildman–Crippen LogP) is 2.39. The second kappa shape index (κ2) is 6.11. The summed E-state index contributed by atoms with van der Waals surface area (Å²) >= 11 is 6.01. The molecule has 1 heterocycles. The van der Waals surface area contributed by atoms with Crippen LogP contribution in [0.4, 0.5) is 0 Å². The molecule has 1 saturated heterocycles. The lowest BCUT2D eigenvalue weighted by Gasteiger charge is -2.30. The van der Waals surface area contributed by atoms with Gasteiger partial charge in [0, 0.05) is 19.0 Å². The second-order valence-corrected chi connectivity index (χ2v) is 7.26. The van der Waals surface area contributed by atoms with Crippen molar-refractivity contribution >= 4 is 21.6 Å². The van der Waals surface area contributed by atoms with E-state index in [2.05, 4.69) is 0 Å². The Hall–Kier alpha value is -0.780. The SMILES string of the molecule is CS(=O)(=O)N1CCCC(COc2ccccc2Cl)C1. The molecule has 6 heteroatoms. The molecule has 0 aliphatic carbocycles. The molecule has 1 atom stereocenters. The minimum Gasteiger partial charge on any atom is -0.492 e. The Kier molecular flexibility index (Phi) is 4.71. The monoisotopic (exact) mass is 303 g/mol. The van der Waals surface area contributed by atoms with Gasteiger partial charge in [0.1, 0.15) is 5.75 Å². The van der Waals surface area contributed by atoms with E-state index in [1.54, 1.807) is 6.07 Å². The molecule has 1 unspecified atom stereocenters. The summed E-state index contributed by atoms with van der Waals surface area (Å²) < 4.78 is 30.3. The Balaban J connectivity index is 1.92. The van der Waals surface area contributed by atoms with Gasteiger partial charge in [-0.2, -0.15) is 0 Å². The average Bonchev–Trinajstić information content (AvgIpc) is 2.37. The minimum atomic E-state index is -3.10. The third-order valence-corrected chi connectivity index (χ3v) is 4.84. The zero-order valence-corrected chi connectivity index (χ0v) is 12.5. The van der Waals surface area contributed by atoms with Crippen molar-refractivity contribution in [1.82, 2.24) is 4.31 Å². The van der Waals surface area contributed by atoms with Crippen molar-refractivity contribution in [3.05, 3.63) is 29.3 Å². The summed E-state index contributed by atoms with van der Waals surface area (Å²) in [6.45, 7) is 1.64. The number of halogens is 1. The summed E-state index contributed by atoms with van der Waals surface area (Å²) in [5.41, 5.74) is 0. The fourth-order valence-corrected chi connectivity index (χ4v) is 3.37. The van der Waals surface area contributed by atoms with Crippen LogP contribution in [0.2, 0.25) is 5.02 Å². The fourth-order valence-electron chi connectivity index (χ4n) is 2.23. The van der Waals surface area contributed by atoms with Crippen LogP contribution in [0.1, 0.15) is 12.8 Å². The maximum atomic E-state index is 11.5. The maximum absolute atomic E-state index is 11.5. The number of rotatable bonds is 4. The lowest BCUT2D eigenvalue weighted by atomic mass is 10.0.